The zero-order valence-corrected chi connectivity index (χ0v) is 10.2. The van der Waals surface area contributed by atoms with Crippen molar-refractivity contribution in [3.8, 4) is 0 Å². The van der Waals surface area contributed by atoms with Gasteiger partial charge in [0, 0.05) is 13.0 Å². The molecule has 0 unspecified atom stereocenters. The molecule has 1 saturated carbocycles. The molecule has 0 aromatic carbocycles. The van der Waals surface area contributed by atoms with Gasteiger partial charge in [0.25, 0.3) is 0 Å². The van der Waals surface area contributed by atoms with Gasteiger partial charge < -0.3 is 11.1 Å². The van der Waals surface area contributed by atoms with Crippen LogP contribution in [0.25, 0.3) is 0 Å². The Labute approximate surface area is 98.6 Å². The van der Waals surface area contributed by atoms with Crippen LogP contribution in [0.15, 0.2) is 0 Å². The number of halogens is 1. The van der Waals surface area contributed by atoms with E-state index in [1.807, 2.05) is 0 Å². The first-order valence-electron chi connectivity index (χ1n) is 5.78. The number of carbonyl (C=O) groups excluding carboxylic acids is 1. The van der Waals surface area contributed by atoms with Crippen molar-refractivity contribution in [1.29, 1.82) is 0 Å². The van der Waals surface area contributed by atoms with Crippen molar-refractivity contribution < 1.29 is 4.79 Å². The fraction of sp³-hybridized carbons (Fsp3) is 0.909. The van der Waals surface area contributed by atoms with Crippen molar-refractivity contribution in [2.45, 2.75) is 44.9 Å². The molecule has 0 saturated heterocycles. The molecule has 1 aliphatic rings. The van der Waals surface area contributed by atoms with Gasteiger partial charge in [0.15, 0.2) is 0 Å². The maximum atomic E-state index is 10.4. The van der Waals surface area contributed by atoms with Gasteiger partial charge in [-0.1, -0.05) is 32.1 Å². The zero-order valence-electron chi connectivity index (χ0n) is 9.34. The average Bonchev–Trinajstić information content (AvgIpc) is 2.18. The lowest BCUT2D eigenvalue weighted by atomic mass is 9.87. The maximum absolute atomic E-state index is 10.4. The van der Waals surface area contributed by atoms with Crippen molar-refractivity contribution in [2.75, 3.05) is 13.1 Å². The second-order valence-corrected chi connectivity index (χ2v) is 4.26. The standard InChI is InChI=1S/C11H22N2O.ClH/c12-11(14)7-9-13-8-6-10-4-2-1-3-5-10;/h10,13H,1-9H2,(H2,12,14);1H. The van der Waals surface area contributed by atoms with Crippen molar-refractivity contribution in [1.82, 2.24) is 5.32 Å². The summed E-state index contributed by atoms with van der Waals surface area (Å²) in [5.41, 5.74) is 5.04. The summed E-state index contributed by atoms with van der Waals surface area (Å²) in [6, 6.07) is 0. The Morgan fingerprint density at radius 1 is 1.20 bits per heavy atom. The van der Waals surface area contributed by atoms with Crippen LogP contribution in [0.4, 0.5) is 0 Å². The molecule has 0 atom stereocenters. The number of amides is 1. The average molecular weight is 235 g/mol. The van der Waals surface area contributed by atoms with Crippen molar-refractivity contribution >= 4 is 18.3 Å². The molecule has 0 aliphatic heterocycles. The number of rotatable bonds is 6. The third-order valence-electron chi connectivity index (χ3n) is 3.00. The summed E-state index contributed by atoms with van der Waals surface area (Å²) in [5, 5.41) is 3.26. The molecule has 0 aromatic rings. The molecule has 0 bridgehead atoms. The summed E-state index contributed by atoms with van der Waals surface area (Å²) in [6.07, 6.45) is 8.77. The molecule has 1 rings (SSSR count). The third-order valence-corrected chi connectivity index (χ3v) is 3.00. The van der Waals surface area contributed by atoms with Crippen LogP contribution < -0.4 is 11.1 Å². The van der Waals surface area contributed by atoms with Crippen molar-refractivity contribution in [3.63, 3.8) is 0 Å². The number of nitrogens with two attached hydrogens (primary N) is 1. The van der Waals surface area contributed by atoms with E-state index in [4.69, 9.17) is 5.73 Å². The molecule has 0 spiro atoms. The van der Waals surface area contributed by atoms with Gasteiger partial charge >= 0.3 is 0 Å². The quantitative estimate of drug-likeness (QED) is 0.690. The largest absolute Gasteiger partial charge is 0.370 e. The van der Waals surface area contributed by atoms with E-state index in [1.54, 1.807) is 0 Å². The molecule has 90 valence electrons. The molecule has 0 radical (unpaired) electrons. The molecule has 1 fully saturated rings. The van der Waals surface area contributed by atoms with Crippen LogP contribution >= 0.6 is 12.4 Å². The Balaban J connectivity index is 0.00000196. The number of primary amides is 1. The topological polar surface area (TPSA) is 55.1 Å². The fourth-order valence-corrected chi connectivity index (χ4v) is 2.12. The van der Waals surface area contributed by atoms with Crippen LogP contribution in [0.1, 0.15) is 44.9 Å². The van der Waals surface area contributed by atoms with E-state index in [0.717, 1.165) is 19.0 Å². The number of hydrogen-bond acceptors (Lipinski definition) is 2. The summed E-state index contributed by atoms with van der Waals surface area (Å²) in [4.78, 5) is 10.4. The Morgan fingerprint density at radius 2 is 1.87 bits per heavy atom. The highest BCUT2D eigenvalue weighted by molar-refractivity contribution is 5.85. The molecule has 1 amide bonds. The maximum Gasteiger partial charge on any atom is 0.218 e. The SMILES string of the molecule is Cl.NC(=O)CCNCCC1CCCCC1. The third kappa shape index (κ3) is 7.63. The van der Waals surface area contributed by atoms with E-state index >= 15 is 0 Å². The molecule has 15 heavy (non-hydrogen) atoms. The monoisotopic (exact) mass is 234 g/mol. The van der Waals surface area contributed by atoms with Gasteiger partial charge in [0.1, 0.15) is 0 Å². The summed E-state index contributed by atoms with van der Waals surface area (Å²) in [6.45, 7) is 1.78. The highest BCUT2D eigenvalue weighted by Gasteiger charge is 2.12. The Kier molecular flexibility index (Phi) is 8.82. The highest BCUT2D eigenvalue weighted by Crippen LogP contribution is 2.25. The van der Waals surface area contributed by atoms with Gasteiger partial charge in [-0.15, -0.1) is 12.4 Å². The lowest BCUT2D eigenvalue weighted by Gasteiger charge is -2.21. The van der Waals surface area contributed by atoms with E-state index in [0.29, 0.717) is 6.42 Å². The van der Waals surface area contributed by atoms with Gasteiger partial charge in [-0.3, -0.25) is 4.79 Å². The zero-order chi connectivity index (χ0) is 10.2. The molecule has 3 N–H and O–H groups in total. The minimum Gasteiger partial charge on any atom is -0.370 e. The minimum absolute atomic E-state index is 0. The first-order valence-corrected chi connectivity index (χ1v) is 5.78. The molecular weight excluding hydrogens is 212 g/mol. The Hall–Kier alpha value is -0.280. The first-order chi connectivity index (χ1) is 6.79. The molecule has 3 nitrogen and oxygen atoms in total. The van der Waals surface area contributed by atoms with E-state index in [9.17, 15) is 4.79 Å². The predicted molar refractivity (Wildman–Crippen MR) is 65.1 cm³/mol. The lowest BCUT2D eigenvalue weighted by Crippen LogP contribution is -2.24. The van der Waals surface area contributed by atoms with Crippen LogP contribution in [0.2, 0.25) is 0 Å². The first kappa shape index (κ1) is 14.7. The van der Waals surface area contributed by atoms with Crippen molar-refractivity contribution in [3.05, 3.63) is 0 Å². The van der Waals surface area contributed by atoms with E-state index < -0.39 is 0 Å². The van der Waals surface area contributed by atoms with Gasteiger partial charge in [-0.25, -0.2) is 0 Å². The molecule has 4 heteroatoms. The van der Waals surface area contributed by atoms with Crippen LogP contribution in [0, 0.1) is 5.92 Å². The van der Waals surface area contributed by atoms with Crippen molar-refractivity contribution in [2.24, 2.45) is 11.7 Å². The second kappa shape index (κ2) is 8.98. The summed E-state index contributed by atoms with van der Waals surface area (Å²) in [7, 11) is 0. The van der Waals surface area contributed by atoms with Crippen LogP contribution in [0.3, 0.4) is 0 Å². The van der Waals surface area contributed by atoms with E-state index in [2.05, 4.69) is 5.32 Å². The molecule has 0 aromatic heterocycles. The molecule has 0 heterocycles. The predicted octanol–water partition coefficient (Wildman–Crippen LogP) is 1.84. The summed E-state index contributed by atoms with van der Waals surface area (Å²) >= 11 is 0. The summed E-state index contributed by atoms with van der Waals surface area (Å²) in [5.74, 6) is 0.708. The van der Waals surface area contributed by atoms with Gasteiger partial charge in [0.2, 0.25) is 5.91 Å². The van der Waals surface area contributed by atoms with Gasteiger partial charge in [-0.2, -0.15) is 0 Å². The summed E-state index contributed by atoms with van der Waals surface area (Å²) < 4.78 is 0. The fourth-order valence-electron chi connectivity index (χ4n) is 2.12. The van der Waals surface area contributed by atoms with Gasteiger partial charge in [-0.05, 0) is 18.9 Å². The highest BCUT2D eigenvalue weighted by atomic mass is 35.5. The number of hydrogen-bond donors (Lipinski definition) is 2. The number of carbonyl (C=O) groups is 1. The van der Waals surface area contributed by atoms with Crippen LogP contribution in [-0.2, 0) is 4.79 Å². The normalized spacial score (nSPS) is 17.1. The van der Waals surface area contributed by atoms with E-state index in [1.165, 1.54) is 38.5 Å². The second-order valence-electron chi connectivity index (χ2n) is 4.26. The Morgan fingerprint density at radius 3 is 2.47 bits per heavy atom. The van der Waals surface area contributed by atoms with Gasteiger partial charge in [0.05, 0.1) is 0 Å². The lowest BCUT2D eigenvalue weighted by molar-refractivity contribution is -0.117. The van der Waals surface area contributed by atoms with E-state index in [-0.39, 0.29) is 18.3 Å². The molecule has 1 aliphatic carbocycles. The van der Waals surface area contributed by atoms with Crippen LogP contribution in [0.5, 0.6) is 0 Å². The minimum atomic E-state index is -0.213. The Bertz CT molecular complexity index is 170. The smallest absolute Gasteiger partial charge is 0.218 e. The van der Waals surface area contributed by atoms with Crippen LogP contribution in [-0.4, -0.2) is 19.0 Å². The molecular formula is C11H23ClN2O. The number of nitrogens with one attached hydrogen (secondary N) is 1.